The molecule has 2 unspecified atom stereocenters. The van der Waals surface area contributed by atoms with Crippen LogP contribution in [0.5, 0.6) is 0 Å². The van der Waals surface area contributed by atoms with Gasteiger partial charge in [0.15, 0.2) is 0 Å². The Hall–Kier alpha value is -1.04. The van der Waals surface area contributed by atoms with Crippen LogP contribution in [-0.2, 0) is 0 Å². The van der Waals surface area contributed by atoms with Gasteiger partial charge < -0.3 is 15.1 Å². The average molecular weight is 253 g/mol. The van der Waals surface area contributed by atoms with E-state index in [1.54, 1.807) is 6.07 Å². The Balaban J connectivity index is 2.20. The standard InChI is InChI=1S/C12H15NO3S/c1-17-11-5-3-2-4-8(11)12(16)13-6-9(14)10(15)7-13/h2-5,9-10,14-15H,6-7H2,1H3. The van der Waals surface area contributed by atoms with Crippen LogP contribution in [0.15, 0.2) is 29.2 Å². The van der Waals surface area contributed by atoms with Crippen molar-refractivity contribution < 1.29 is 15.0 Å². The van der Waals surface area contributed by atoms with Crippen LogP contribution < -0.4 is 0 Å². The molecule has 2 N–H and O–H groups in total. The normalized spacial score (nSPS) is 24.1. The van der Waals surface area contributed by atoms with E-state index in [9.17, 15) is 15.0 Å². The molecule has 1 saturated heterocycles. The maximum absolute atomic E-state index is 12.2. The largest absolute Gasteiger partial charge is 0.388 e. The van der Waals surface area contributed by atoms with Crippen LogP contribution in [0, 0.1) is 0 Å². The highest BCUT2D eigenvalue weighted by molar-refractivity contribution is 7.98. The van der Waals surface area contributed by atoms with Crippen LogP contribution >= 0.6 is 11.8 Å². The molecular formula is C12H15NO3S. The zero-order chi connectivity index (χ0) is 12.4. The number of likely N-dealkylation sites (tertiary alicyclic amines) is 1. The number of carbonyl (C=O) groups excluding carboxylic acids is 1. The van der Waals surface area contributed by atoms with Crippen molar-refractivity contribution in [2.75, 3.05) is 19.3 Å². The summed E-state index contributed by atoms with van der Waals surface area (Å²) in [5, 5.41) is 18.9. The zero-order valence-corrected chi connectivity index (χ0v) is 10.4. The van der Waals surface area contributed by atoms with Gasteiger partial charge in [-0.25, -0.2) is 0 Å². The molecule has 0 radical (unpaired) electrons. The molecule has 1 aromatic rings. The van der Waals surface area contributed by atoms with Crippen molar-refractivity contribution in [3.05, 3.63) is 29.8 Å². The van der Waals surface area contributed by atoms with Crippen molar-refractivity contribution in [3.8, 4) is 0 Å². The minimum absolute atomic E-state index is 0.134. The van der Waals surface area contributed by atoms with Crippen molar-refractivity contribution in [1.29, 1.82) is 0 Å². The van der Waals surface area contributed by atoms with Gasteiger partial charge in [-0.2, -0.15) is 0 Å². The van der Waals surface area contributed by atoms with E-state index in [0.717, 1.165) is 4.90 Å². The summed E-state index contributed by atoms with van der Waals surface area (Å²) in [5.41, 5.74) is 0.626. The molecular weight excluding hydrogens is 238 g/mol. The molecule has 5 heteroatoms. The van der Waals surface area contributed by atoms with E-state index in [0.29, 0.717) is 5.56 Å². The zero-order valence-electron chi connectivity index (χ0n) is 9.54. The topological polar surface area (TPSA) is 60.8 Å². The molecule has 1 aliphatic heterocycles. The van der Waals surface area contributed by atoms with Gasteiger partial charge in [0.05, 0.1) is 17.8 Å². The highest BCUT2D eigenvalue weighted by atomic mass is 32.2. The number of amides is 1. The van der Waals surface area contributed by atoms with Crippen LogP contribution in [0.1, 0.15) is 10.4 Å². The van der Waals surface area contributed by atoms with E-state index in [2.05, 4.69) is 0 Å². The molecule has 0 aliphatic carbocycles. The third-order valence-corrected chi connectivity index (χ3v) is 3.68. The summed E-state index contributed by atoms with van der Waals surface area (Å²) in [6.45, 7) is 0.394. The SMILES string of the molecule is CSc1ccccc1C(=O)N1CC(O)C(O)C1. The van der Waals surface area contributed by atoms with Gasteiger partial charge in [-0.05, 0) is 18.4 Å². The van der Waals surface area contributed by atoms with E-state index in [-0.39, 0.29) is 19.0 Å². The van der Waals surface area contributed by atoms with Crippen LogP contribution in [-0.4, -0.2) is 52.6 Å². The number of nitrogens with zero attached hydrogens (tertiary/aromatic N) is 1. The van der Waals surface area contributed by atoms with E-state index in [1.807, 2.05) is 24.5 Å². The van der Waals surface area contributed by atoms with Gasteiger partial charge in [0.25, 0.3) is 5.91 Å². The van der Waals surface area contributed by atoms with Crippen LogP contribution in [0.25, 0.3) is 0 Å². The van der Waals surface area contributed by atoms with E-state index < -0.39 is 12.2 Å². The van der Waals surface area contributed by atoms with Crippen LogP contribution in [0.2, 0.25) is 0 Å². The molecule has 2 atom stereocenters. The van der Waals surface area contributed by atoms with Crippen molar-refractivity contribution >= 4 is 17.7 Å². The van der Waals surface area contributed by atoms with Crippen molar-refractivity contribution in [3.63, 3.8) is 0 Å². The minimum atomic E-state index is -0.833. The summed E-state index contributed by atoms with van der Waals surface area (Å²) in [6, 6.07) is 7.36. The van der Waals surface area contributed by atoms with Gasteiger partial charge >= 0.3 is 0 Å². The first-order chi connectivity index (χ1) is 8.13. The number of rotatable bonds is 2. The lowest BCUT2D eigenvalue weighted by Gasteiger charge is -2.16. The first-order valence-electron chi connectivity index (χ1n) is 5.42. The molecule has 1 fully saturated rings. The number of carbonyl (C=O) groups is 1. The molecule has 1 aromatic carbocycles. The fraction of sp³-hybridized carbons (Fsp3) is 0.417. The highest BCUT2D eigenvalue weighted by Crippen LogP contribution is 2.23. The summed E-state index contributed by atoms with van der Waals surface area (Å²) < 4.78 is 0. The Labute approximate surface area is 104 Å². The Bertz CT molecular complexity index is 414. The van der Waals surface area contributed by atoms with Crippen molar-refractivity contribution in [2.24, 2.45) is 0 Å². The summed E-state index contributed by atoms with van der Waals surface area (Å²) in [5.74, 6) is -0.134. The number of aliphatic hydroxyl groups excluding tert-OH is 2. The molecule has 0 aromatic heterocycles. The molecule has 0 saturated carbocycles. The van der Waals surface area contributed by atoms with Gasteiger partial charge in [-0.1, -0.05) is 12.1 Å². The average Bonchev–Trinajstić information content (AvgIpc) is 2.68. The lowest BCUT2D eigenvalue weighted by atomic mass is 10.2. The first-order valence-corrected chi connectivity index (χ1v) is 6.64. The maximum atomic E-state index is 12.2. The number of thioether (sulfide) groups is 1. The molecule has 0 bridgehead atoms. The molecule has 92 valence electrons. The van der Waals surface area contributed by atoms with Crippen molar-refractivity contribution in [1.82, 2.24) is 4.90 Å². The number of β-amino-alcohol motifs (C(OH)–C–C–N with tert-alkyl or cyclic N) is 2. The van der Waals surface area contributed by atoms with Gasteiger partial charge in [0.2, 0.25) is 0 Å². The molecule has 1 amide bonds. The highest BCUT2D eigenvalue weighted by Gasteiger charge is 2.33. The van der Waals surface area contributed by atoms with Gasteiger partial charge in [-0.3, -0.25) is 4.79 Å². The molecule has 0 spiro atoms. The fourth-order valence-electron chi connectivity index (χ4n) is 1.93. The van der Waals surface area contributed by atoms with Crippen molar-refractivity contribution in [2.45, 2.75) is 17.1 Å². The Morgan fingerprint density at radius 3 is 2.47 bits per heavy atom. The summed E-state index contributed by atoms with van der Waals surface area (Å²) in [4.78, 5) is 14.6. The minimum Gasteiger partial charge on any atom is -0.388 e. The molecule has 1 aliphatic rings. The van der Waals surface area contributed by atoms with Gasteiger partial charge in [0.1, 0.15) is 0 Å². The van der Waals surface area contributed by atoms with Gasteiger partial charge in [-0.15, -0.1) is 11.8 Å². The van der Waals surface area contributed by atoms with E-state index in [1.165, 1.54) is 16.7 Å². The molecule has 17 heavy (non-hydrogen) atoms. The fourth-order valence-corrected chi connectivity index (χ4v) is 2.52. The second kappa shape index (κ2) is 5.08. The molecule has 1 heterocycles. The van der Waals surface area contributed by atoms with Gasteiger partial charge in [0, 0.05) is 18.0 Å². The van der Waals surface area contributed by atoms with Crippen LogP contribution in [0.4, 0.5) is 0 Å². The second-order valence-electron chi connectivity index (χ2n) is 4.05. The number of aliphatic hydroxyl groups is 2. The second-order valence-corrected chi connectivity index (χ2v) is 4.89. The Kier molecular flexibility index (Phi) is 3.71. The lowest BCUT2D eigenvalue weighted by molar-refractivity contribution is 0.0572. The summed E-state index contributed by atoms with van der Waals surface area (Å²) in [6.07, 6.45) is 0.251. The third-order valence-electron chi connectivity index (χ3n) is 2.88. The molecule has 2 rings (SSSR count). The molecule has 4 nitrogen and oxygen atoms in total. The van der Waals surface area contributed by atoms with E-state index >= 15 is 0 Å². The maximum Gasteiger partial charge on any atom is 0.255 e. The number of hydrogen-bond donors (Lipinski definition) is 2. The summed E-state index contributed by atoms with van der Waals surface area (Å²) >= 11 is 1.51. The van der Waals surface area contributed by atoms with E-state index in [4.69, 9.17) is 0 Å². The Morgan fingerprint density at radius 2 is 1.88 bits per heavy atom. The quantitative estimate of drug-likeness (QED) is 0.757. The third kappa shape index (κ3) is 2.46. The summed E-state index contributed by atoms with van der Waals surface area (Å²) in [7, 11) is 0. The lowest BCUT2D eigenvalue weighted by Crippen LogP contribution is -2.30. The smallest absolute Gasteiger partial charge is 0.255 e. The monoisotopic (exact) mass is 253 g/mol. The number of hydrogen-bond acceptors (Lipinski definition) is 4. The van der Waals surface area contributed by atoms with Crippen LogP contribution in [0.3, 0.4) is 0 Å². The predicted octanol–water partition coefficient (Wildman–Crippen LogP) is 0.586. The predicted molar refractivity (Wildman–Crippen MR) is 66.1 cm³/mol. The number of benzene rings is 1. The first kappa shape index (κ1) is 12.4. The Morgan fingerprint density at radius 1 is 1.29 bits per heavy atom.